The molecular weight excluding hydrogens is 1690 g/mol. The maximum Gasteiger partial charge on any atom is 0.160 e. The van der Waals surface area contributed by atoms with Crippen molar-refractivity contribution in [1.82, 2.24) is 28.7 Å². The van der Waals surface area contributed by atoms with Crippen LogP contribution in [0.5, 0.6) is 0 Å². The number of rotatable bonds is 14. The summed E-state index contributed by atoms with van der Waals surface area (Å²) in [5, 5.41) is 20.2. The second-order valence-corrected chi connectivity index (χ2v) is 35.8. The Morgan fingerprint density at radius 2 is 0.500 bits per heavy atom. The first kappa shape index (κ1) is 84.8. The maximum absolute atomic E-state index is 5.34. The van der Waals surface area contributed by atoms with Crippen LogP contribution in [0.2, 0.25) is 0 Å². The van der Waals surface area contributed by atoms with Gasteiger partial charge in [-0.25, -0.2) is 15.0 Å². The number of fused-ring (bicyclic) bond motifs is 13. The van der Waals surface area contributed by atoms with Crippen molar-refractivity contribution in [3.05, 3.63) is 521 Å². The number of aromatic nitrogens is 6. The molecule has 7 heteroatoms. The highest BCUT2D eigenvalue weighted by Crippen LogP contribution is 2.49. The summed E-state index contributed by atoms with van der Waals surface area (Å²) in [5.74, 6) is 1.76. The van der Waals surface area contributed by atoms with Gasteiger partial charge < -0.3 is 9.13 Å². The van der Waals surface area contributed by atoms with E-state index in [2.05, 4.69) is 518 Å². The fraction of sp³-hybridized carbons (Fsp3) is 0.0150. The summed E-state index contributed by atoms with van der Waals surface area (Å²) in [4.78, 5) is 15.5. The quantitative estimate of drug-likeness (QED) is 0.0805. The summed E-state index contributed by atoms with van der Waals surface area (Å²) in [7, 11) is 0. The smallest absolute Gasteiger partial charge is 0.160 e. The average molecular weight is 1790 g/mol. The van der Waals surface area contributed by atoms with Crippen LogP contribution >= 0.6 is 0 Å². The van der Waals surface area contributed by atoms with Gasteiger partial charge in [0.15, 0.2) is 5.82 Å². The largest absolute Gasteiger partial charge is 0.309 e. The van der Waals surface area contributed by atoms with Gasteiger partial charge in [0.2, 0.25) is 0 Å². The Hall–Kier alpha value is -18.2. The molecule has 0 radical (unpaired) electrons. The van der Waals surface area contributed by atoms with Crippen LogP contribution in [-0.4, -0.2) is 37.1 Å². The molecule has 0 saturated heterocycles. The van der Waals surface area contributed by atoms with Crippen LogP contribution in [0.15, 0.2) is 516 Å². The van der Waals surface area contributed by atoms with Crippen molar-refractivity contribution >= 4 is 128 Å². The van der Waals surface area contributed by atoms with E-state index in [-0.39, 0.29) is 8.41 Å². The van der Waals surface area contributed by atoms with Crippen molar-refractivity contribution in [3.8, 4) is 129 Å². The molecule has 0 fully saturated rings. The van der Waals surface area contributed by atoms with Crippen LogP contribution in [0.1, 0.15) is 12.7 Å². The Bertz CT molecular complexity index is 9050. The summed E-state index contributed by atoms with van der Waals surface area (Å²) < 4.78 is 7.09. The van der Waals surface area contributed by atoms with Crippen LogP contribution in [0.4, 0.5) is 0 Å². The molecule has 0 amide bonds. The number of imidazole rings is 1. The first-order valence-electron chi connectivity index (χ1n) is 47.8. The predicted octanol–water partition coefficient (Wildman–Crippen LogP) is 34.1. The van der Waals surface area contributed by atoms with Gasteiger partial charge in [-0.1, -0.05) is 446 Å². The summed E-state index contributed by atoms with van der Waals surface area (Å²) in [6.07, 6.45) is 0.875. The molecule has 0 unspecified atom stereocenters. The molecule has 0 bridgehead atoms. The topological polar surface area (TPSA) is 53.5 Å². The zero-order valence-corrected chi connectivity index (χ0v) is 76.5. The minimum atomic E-state index is 0. The van der Waals surface area contributed by atoms with E-state index in [0.717, 1.165) is 96.0 Å². The molecule has 0 N–H and O–H groups in total. The standard InChI is InChI=1S/C52H34N4.C41H30N2.C40H26.BH4/c1-3-16-35(17-4-1)37-20-15-21-38(30-37)46-34-47(54-52(53-46)36-18-5-2-6-19-36)39-31-40(55-48-26-11-7-22-42(48)43-23-8-12-27-49(43)55)33-41(32-39)56-50-28-13-9-24-44(50)45-25-10-14-29-51(45)56;1-2-39-42-37-18-10-11-19-38(37)43(39)32-26-24-31(25-27-32)41-35-16-8-6-14-33(35)40(34-15-7-9-17-36(34)41)30-22-20-29(21-23-30)28-12-4-3-5-13-28;1-2-12-31-26-32(25-22-27(31)10-1)28-20-23-30(24-21-28)39-35-15-5-7-17-37(35)40(38-18-8-6-16-36(38)39)34-19-9-13-29-11-3-4-14-33(29)34;/h1-34H;3-27H,2H2,1H3;1-26H;1H4/q;;;-1. The van der Waals surface area contributed by atoms with E-state index >= 15 is 0 Å². The van der Waals surface area contributed by atoms with E-state index in [4.69, 9.17) is 15.0 Å². The Morgan fingerprint density at radius 1 is 0.179 bits per heavy atom. The van der Waals surface area contributed by atoms with Crippen molar-refractivity contribution in [2.24, 2.45) is 0 Å². The van der Waals surface area contributed by atoms with Gasteiger partial charge in [-0.3, -0.25) is 4.57 Å². The molecule has 0 saturated carbocycles. The highest BCUT2D eigenvalue weighted by atomic mass is 15.1. The summed E-state index contributed by atoms with van der Waals surface area (Å²) in [6, 6.07) is 186. The van der Waals surface area contributed by atoms with Crippen LogP contribution in [0.3, 0.4) is 0 Å². The maximum atomic E-state index is 5.34. The van der Waals surface area contributed by atoms with Crippen LogP contribution in [0.25, 0.3) is 248 Å². The molecule has 0 aliphatic carbocycles. The molecule has 0 spiro atoms. The molecule has 660 valence electrons. The zero-order chi connectivity index (χ0) is 92.2. The lowest BCUT2D eigenvalue weighted by molar-refractivity contribution is 0.908. The number of benzene rings is 23. The molecule has 0 aliphatic heterocycles. The normalized spacial score (nSPS) is 11.4. The first-order valence-corrected chi connectivity index (χ1v) is 47.8. The molecule has 0 atom stereocenters. The van der Waals surface area contributed by atoms with E-state index in [1.807, 2.05) is 18.2 Å². The number of para-hydroxylation sites is 6. The molecule has 0 aliphatic rings. The number of hydrogen-bond donors (Lipinski definition) is 0. The van der Waals surface area contributed by atoms with Gasteiger partial charge in [0.25, 0.3) is 0 Å². The van der Waals surface area contributed by atoms with Crippen LogP contribution in [-0.2, 0) is 6.42 Å². The second kappa shape index (κ2) is 36.6. The minimum Gasteiger partial charge on any atom is -0.309 e. The predicted molar refractivity (Wildman–Crippen MR) is 598 cm³/mol. The van der Waals surface area contributed by atoms with Gasteiger partial charge in [-0.15, -0.1) is 0 Å². The van der Waals surface area contributed by atoms with E-state index in [9.17, 15) is 0 Å². The lowest BCUT2D eigenvalue weighted by Gasteiger charge is -2.19. The molecule has 27 aromatic rings. The molecule has 140 heavy (non-hydrogen) atoms. The Balaban J connectivity index is 0.000000115. The van der Waals surface area contributed by atoms with E-state index in [0.29, 0.717) is 5.82 Å². The third-order valence-corrected chi connectivity index (χ3v) is 27.7. The van der Waals surface area contributed by atoms with Crippen LogP contribution in [0, 0.1) is 0 Å². The molecule has 6 nitrogen and oxygen atoms in total. The van der Waals surface area contributed by atoms with Crippen molar-refractivity contribution in [2.45, 2.75) is 13.3 Å². The van der Waals surface area contributed by atoms with Gasteiger partial charge >= 0.3 is 0 Å². The van der Waals surface area contributed by atoms with Gasteiger partial charge in [0.05, 0.1) is 44.5 Å². The fourth-order valence-corrected chi connectivity index (χ4v) is 21.3. The van der Waals surface area contributed by atoms with Gasteiger partial charge in [-0.05, 0) is 227 Å². The Labute approximate surface area is 814 Å². The van der Waals surface area contributed by atoms with Crippen molar-refractivity contribution in [2.75, 3.05) is 0 Å². The molecule has 23 aromatic carbocycles. The van der Waals surface area contributed by atoms with Gasteiger partial charge in [-0.2, -0.15) is 0 Å². The van der Waals surface area contributed by atoms with Crippen LogP contribution < -0.4 is 0 Å². The molecule has 27 rings (SSSR count). The first-order chi connectivity index (χ1) is 68.9. The number of aryl methyl sites for hydroxylation is 1. The number of nitrogens with zero attached hydrogens (tertiary/aromatic N) is 6. The van der Waals surface area contributed by atoms with Crippen molar-refractivity contribution in [1.29, 1.82) is 0 Å². The SMILES string of the molecule is CCc1nc2ccccc2n1-c1ccc(-c2c3ccccc3c(-c3ccc(-c4ccccc4)cc3)c3ccccc23)cc1.[BH4-].c1ccc(-c2cccc(-c3cc(-c4cc(-n5c6ccccc6c6ccccc65)cc(-n5c6ccccc6c6ccccc65)c4)nc(-c4ccccc4)n3)c2)cc1.c1ccc2cc(-c3ccc(-c4c5ccccc5c(-c5cccc6ccccc56)c5ccccc45)cc3)ccc2c1. The van der Waals surface area contributed by atoms with Crippen molar-refractivity contribution in [3.63, 3.8) is 0 Å². The highest BCUT2D eigenvalue weighted by Gasteiger charge is 2.25. The van der Waals surface area contributed by atoms with E-state index < -0.39 is 0 Å². The molecular formula is C133H94BN6-. The summed E-state index contributed by atoms with van der Waals surface area (Å²) >= 11 is 0. The molecule has 4 aromatic heterocycles. The molecule has 4 heterocycles. The lowest BCUT2D eigenvalue weighted by atomic mass is 9.84. The third kappa shape index (κ3) is 15.4. The van der Waals surface area contributed by atoms with E-state index in [1.54, 1.807) is 0 Å². The fourth-order valence-electron chi connectivity index (χ4n) is 21.3. The highest BCUT2D eigenvalue weighted by molar-refractivity contribution is 6.25. The monoisotopic (exact) mass is 1790 g/mol. The summed E-state index contributed by atoms with van der Waals surface area (Å²) in [6.45, 7) is 2.17. The second-order valence-electron chi connectivity index (χ2n) is 35.8. The zero-order valence-electron chi connectivity index (χ0n) is 76.5. The minimum absolute atomic E-state index is 0. The van der Waals surface area contributed by atoms with Gasteiger partial charge in [0.1, 0.15) is 5.82 Å². The lowest BCUT2D eigenvalue weighted by Crippen LogP contribution is -2.01. The average Bonchev–Trinajstić information content (AvgIpc) is 1.32. The van der Waals surface area contributed by atoms with E-state index in [1.165, 1.54) is 159 Å². The van der Waals surface area contributed by atoms with Gasteiger partial charge in [0, 0.05) is 61.7 Å². The Morgan fingerprint density at radius 3 is 0.979 bits per heavy atom. The van der Waals surface area contributed by atoms with Crippen molar-refractivity contribution < 1.29 is 0 Å². The third-order valence-electron chi connectivity index (χ3n) is 27.7. The summed E-state index contributed by atoms with van der Waals surface area (Å²) in [5.41, 5.74) is 32.1. The Kier molecular flexibility index (Phi) is 22.2. The number of hydrogen-bond acceptors (Lipinski definition) is 3.